The number of sulfone groups is 2. The van der Waals surface area contributed by atoms with Crippen molar-refractivity contribution in [2.24, 2.45) is 10.8 Å². The quantitative estimate of drug-likeness (QED) is 0.737. The fourth-order valence-electron chi connectivity index (χ4n) is 4.22. The van der Waals surface area contributed by atoms with Crippen molar-refractivity contribution in [2.45, 2.75) is 36.5 Å². The molecule has 2 atom stereocenters. The molecular weight excluding hydrogens is 392 g/mol. The Kier molecular flexibility index (Phi) is 4.21. The summed E-state index contributed by atoms with van der Waals surface area (Å²) >= 11 is 0. The van der Waals surface area contributed by atoms with Crippen molar-refractivity contribution < 1.29 is 16.8 Å². The van der Waals surface area contributed by atoms with Crippen molar-refractivity contribution in [2.75, 3.05) is 0 Å². The first kappa shape index (κ1) is 19.2. The van der Waals surface area contributed by atoms with Crippen LogP contribution in [-0.4, -0.2) is 16.8 Å². The summed E-state index contributed by atoms with van der Waals surface area (Å²) in [5.41, 5.74) is -1.11. The van der Waals surface area contributed by atoms with Gasteiger partial charge in [-0.1, -0.05) is 62.4 Å². The second kappa shape index (κ2) is 6.16. The maximum Gasteiger partial charge on any atom is 0.202 e. The minimum atomic E-state index is -3.58. The molecular formula is C22H22O4S2. The molecule has 4 rings (SSSR count). The minimum Gasteiger partial charge on any atom is -0.219 e. The summed E-state index contributed by atoms with van der Waals surface area (Å²) in [6.07, 6.45) is 4.15. The molecule has 4 nitrogen and oxygen atoms in total. The number of allylic oxidation sites excluding steroid dienone is 4. The Hall–Kier alpha value is -2.18. The Morgan fingerprint density at radius 1 is 0.607 bits per heavy atom. The molecule has 0 radical (unpaired) electrons. The highest BCUT2D eigenvalue weighted by Crippen LogP contribution is 2.62. The SMILES string of the molecule is CC12C=C(S(=O)(=O)c3ccccc3)CC1(C)C=C(S(=O)(=O)c1ccccc1)C2. The maximum absolute atomic E-state index is 13.0. The van der Waals surface area contributed by atoms with Gasteiger partial charge in [-0.05, 0) is 37.1 Å². The summed E-state index contributed by atoms with van der Waals surface area (Å²) in [7, 11) is -7.16. The predicted octanol–water partition coefficient (Wildman–Crippen LogP) is 4.52. The van der Waals surface area contributed by atoms with Crippen molar-refractivity contribution in [1.29, 1.82) is 0 Å². The summed E-state index contributed by atoms with van der Waals surface area (Å²) < 4.78 is 52.2. The molecule has 2 aliphatic carbocycles. The van der Waals surface area contributed by atoms with Crippen molar-refractivity contribution in [3.05, 3.63) is 82.6 Å². The normalized spacial score (nSPS) is 27.2. The van der Waals surface area contributed by atoms with Gasteiger partial charge in [0.1, 0.15) is 0 Å². The van der Waals surface area contributed by atoms with Crippen LogP contribution < -0.4 is 0 Å². The number of hydrogen-bond donors (Lipinski definition) is 0. The number of fused-ring (bicyclic) bond motifs is 1. The standard InChI is InChI=1S/C22H22O4S2/c1-21-13-19(27(23,24)17-9-5-3-6-10-17)15-22(21,2)16-20(14-21)28(25,26)18-11-7-4-8-12-18/h3-13,16H,14-15H2,1-2H3. The third kappa shape index (κ3) is 2.78. The second-order valence-electron chi connectivity index (χ2n) is 8.04. The third-order valence-corrected chi connectivity index (χ3v) is 9.83. The zero-order valence-corrected chi connectivity index (χ0v) is 17.4. The van der Waals surface area contributed by atoms with Gasteiger partial charge in [-0.25, -0.2) is 16.8 Å². The van der Waals surface area contributed by atoms with E-state index in [0.717, 1.165) is 0 Å². The smallest absolute Gasteiger partial charge is 0.202 e. The summed E-state index contributed by atoms with van der Waals surface area (Å²) in [5, 5.41) is 0. The van der Waals surface area contributed by atoms with Gasteiger partial charge >= 0.3 is 0 Å². The Labute approximate surface area is 166 Å². The van der Waals surface area contributed by atoms with E-state index in [4.69, 9.17) is 0 Å². The summed E-state index contributed by atoms with van der Waals surface area (Å²) in [5.74, 6) is 0. The molecule has 2 aromatic rings. The Morgan fingerprint density at radius 3 is 1.25 bits per heavy atom. The van der Waals surface area contributed by atoms with E-state index in [-0.39, 0.29) is 9.79 Å². The first-order valence-corrected chi connectivity index (χ1v) is 12.1. The molecule has 6 heteroatoms. The van der Waals surface area contributed by atoms with E-state index in [1.54, 1.807) is 72.8 Å². The van der Waals surface area contributed by atoms with Gasteiger partial charge in [0.25, 0.3) is 0 Å². The Balaban J connectivity index is 1.71. The van der Waals surface area contributed by atoms with Crippen molar-refractivity contribution in [1.82, 2.24) is 0 Å². The first-order chi connectivity index (χ1) is 13.1. The topological polar surface area (TPSA) is 68.3 Å². The van der Waals surface area contributed by atoms with Gasteiger partial charge in [-0.2, -0.15) is 0 Å². The Morgan fingerprint density at radius 2 is 0.929 bits per heavy atom. The molecule has 0 N–H and O–H groups in total. The lowest BCUT2D eigenvalue weighted by atomic mass is 9.70. The Bertz CT molecular complexity index is 1100. The van der Waals surface area contributed by atoms with Crippen LogP contribution in [0.1, 0.15) is 26.7 Å². The molecule has 0 aromatic heterocycles. The van der Waals surface area contributed by atoms with Crippen molar-refractivity contribution in [3.63, 3.8) is 0 Å². The lowest BCUT2D eigenvalue weighted by Crippen LogP contribution is -2.26. The van der Waals surface area contributed by atoms with E-state index in [0.29, 0.717) is 22.7 Å². The number of benzene rings is 2. The highest BCUT2D eigenvalue weighted by atomic mass is 32.2. The molecule has 0 heterocycles. The monoisotopic (exact) mass is 414 g/mol. The van der Waals surface area contributed by atoms with Crippen molar-refractivity contribution >= 4 is 19.7 Å². The van der Waals surface area contributed by atoms with Crippen LogP contribution in [0.2, 0.25) is 0 Å². The van der Waals surface area contributed by atoms with Crippen LogP contribution in [0.5, 0.6) is 0 Å². The molecule has 2 aliphatic rings. The summed E-state index contributed by atoms with van der Waals surface area (Å²) in [4.78, 5) is 1.29. The summed E-state index contributed by atoms with van der Waals surface area (Å²) in [6.45, 7) is 3.90. The van der Waals surface area contributed by atoms with Crippen LogP contribution in [0.15, 0.2) is 92.4 Å². The van der Waals surface area contributed by atoms with E-state index < -0.39 is 30.5 Å². The fourth-order valence-corrected chi connectivity index (χ4v) is 7.67. The minimum absolute atomic E-state index is 0.273. The molecule has 0 bridgehead atoms. The number of hydrogen-bond acceptors (Lipinski definition) is 4. The van der Waals surface area contributed by atoms with Crippen LogP contribution in [0, 0.1) is 10.8 Å². The van der Waals surface area contributed by atoms with Crippen LogP contribution in [0.3, 0.4) is 0 Å². The lowest BCUT2D eigenvalue weighted by molar-refractivity contribution is 0.230. The first-order valence-electron chi connectivity index (χ1n) is 9.12. The molecule has 0 fully saturated rings. The second-order valence-corrected chi connectivity index (χ2v) is 12.0. The molecule has 2 unspecified atom stereocenters. The van der Waals surface area contributed by atoms with Crippen LogP contribution in [0.25, 0.3) is 0 Å². The molecule has 0 saturated carbocycles. The fraction of sp³-hybridized carbons (Fsp3) is 0.273. The third-order valence-electron chi connectivity index (χ3n) is 6.14. The van der Waals surface area contributed by atoms with Gasteiger partial charge in [0.2, 0.25) is 19.7 Å². The average molecular weight is 415 g/mol. The van der Waals surface area contributed by atoms with Gasteiger partial charge in [0, 0.05) is 20.6 Å². The van der Waals surface area contributed by atoms with Crippen molar-refractivity contribution in [3.8, 4) is 0 Å². The van der Waals surface area contributed by atoms with E-state index in [9.17, 15) is 16.8 Å². The number of rotatable bonds is 4. The molecule has 0 spiro atoms. The van der Waals surface area contributed by atoms with Crippen LogP contribution in [-0.2, 0) is 19.7 Å². The zero-order valence-electron chi connectivity index (χ0n) is 15.8. The van der Waals surface area contributed by atoms with Gasteiger partial charge in [-0.15, -0.1) is 0 Å². The maximum atomic E-state index is 13.0. The van der Waals surface area contributed by atoms with Gasteiger partial charge in [0.05, 0.1) is 9.79 Å². The summed E-state index contributed by atoms with van der Waals surface area (Å²) in [6, 6.07) is 16.8. The van der Waals surface area contributed by atoms with Crippen LogP contribution >= 0.6 is 0 Å². The highest BCUT2D eigenvalue weighted by molar-refractivity contribution is 7.95. The zero-order chi connectivity index (χ0) is 20.2. The van der Waals surface area contributed by atoms with E-state index in [1.807, 2.05) is 13.8 Å². The highest BCUT2D eigenvalue weighted by Gasteiger charge is 2.54. The predicted molar refractivity (Wildman–Crippen MR) is 109 cm³/mol. The molecule has 0 amide bonds. The van der Waals surface area contributed by atoms with E-state index >= 15 is 0 Å². The van der Waals surface area contributed by atoms with Gasteiger partial charge in [-0.3, -0.25) is 0 Å². The molecule has 0 saturated heterocycles. The molecule has 146 valence electrons. The largest absolute Gasteiger partial charge is 0.219 e. The lowest BCUT2D eigenvalue weighted by Gasteiger charge is -2.32. The van der Waals surface area contributed by atoms with Gasteiger partial charge < -0.3 is 0 Å². The molecule has 28 heavy (non-hydrogen) atoms. The molecule has 0 aliphatic heterocycles. The average Bonchev–Trinajstić information content (AvgIpc) is 3.08. The van der Waals surface area contributed by atoms with Gasteiger partial charge in [0.15, 0.2) is 0 Å². The molecule has 2 aromatic carbocycles. The van der Waals surface area contributed by atoms with E-state index in [1.165, 1.54) is 0 Å². The van der Waals surface area contributed by atoms with E-state index in [2.05, 4.69) is 0 Å². The van der Waals surface area contributed by atoms with Crippen LogP contribution in [0.4, 0.5) is 0 Å².